The normalized spacial score (nSPS) is 10.2. The first-order valence-corrected chi connectivity index (χ1v) is 6.97. The number of hydrogen-bond acceptors (Lipinski definition) is 4. The predicted molar refractivity (Wildman–Crippen MR) is 76.6 cm³/mol. The lowest BCUT2D eigenvalue weighted by Gasteiger charge is -2.04. The number of rotatable bonds is 5. The fourth-order valence-corrected chi connectivity index (χ4v) is 2.66. The van der Waals surface area contributed by atoms with Crippen LogP contribution >= 0.6 is 22.9 Å². The van der Waals surface area contributed by atoms with Crippen LogP contribution in [0, 0.1) is 0 Å². The lowest BCUT2D eigenvalue weighted by atomic mass is 10.2. The van der Waals surface area contributed by atoms with Crippen molar-refractivity contribution in [3.8, 4) is 0 Å². The van der Waals surface area contributed by atoms with Crippen molar-refractivity contribution in [2.24, 2.45) is 0 Å². The van der Waals surface area contributed by atoms with E-state index in [2.05, 4.69) is 10.3 Å². The van der Waals surface area contributed by atoms with Gasteiger partial charge in [0.2, 0.25) is 0 Å². The molecule has 0 bridgehead atoms. The highest BCUT2D eigenvalue weighted by molar-refractivity contribution is 7.16. The van der Waals surface area contributed by atoms with Gasteiger partial charge in [0.25, 0.3) is 5.91 Å². The molecule has 0 saturated heterocycles. The number of aromatic nitrogens is 1. The van der Waals surface area contributed by atoms with Gasteiger partial charge in [0, 0.05) is 23.2 Å². The van der Waals surface area contributed by atoms with Crippen LogP contribution in [0.2, 0.25) is 4.34 Å². The summed E-state index contributed by atoms with van der Waals surface area (Å²) in [5, 5.41) is 11.5. The van der Waals surface area contributed by atoms with Crippen molar-refractivity contribution in [3.63, 3.8) is 0 Å². The maximum absolute atomic E-state index is 11.9. The lowest BCUT2D eigenvalue weighted by Crippen LogP contribution is -2.25. The van der Waals surface area contributed by atoms with Gasteiger partial charge in [0.15, 0.2) is 0 Å². The average Bonchev–Trinajstić information content (AvgIpc) is 2.84. The number of amides is 1. The minimum Gasteiger partial charge on any atom is -0.477 e. The number of pyridine rings is 1. The highest BCUT2D eigenvalue weighted by Crippen LogP contribution is 2.21. The van der Waals surface area contributed by atoms with Gasteiger partial charge < -0.3 is 10.4 Å². The van der Waals surface area contributed by atoms with E-state index in [1.54, 1.807) is 0 Å². The second-order valence-corrected chi connectivity index (χ2v) is 5.75. The van der Waals surface area contributed by atoms with E-state index in [9.17, 15) is 9.59 Å². The molecule has 2 aromatic heterocycles. The number of carboxylic acids is 1. The third-order valence-corrected chi connectivity index (χ3v) is 3.82. The van der Waals surface area contributed by atoms with Crippen LogP contribution in [0.25, 0.3) is 0 Å². The summed E-state index contributed by atoms with van der Waals surface area (Å²) < 4.78 is 0.714. The van der Waals surface area contributed by atoms with Crippen molar-refractivity contribution < 1.29 is 14.7 Å². The van der Waals surface area contributed by atoms with E-state index in [0.717, 1.165) is 4.88 Å². The molecule has 0 aliphatic carbocycles. The zero-order valence-electron chi connectivity index (χ0n) is 10.3. The second kappa shape index (κ2) is 6.49. The van der Waals surface area contributed by atoms with E-state index < -0.39 is 5.97 Å². The fraction of sp³-hybridized carbons (Fsp3) is 0.154. The Morgan fingerprint density at radius 3 is 2.80 bits per heavy atom. The summed E-state index contributed by atoms with van der Waals surface area (Å²) in [7, 11) is 0. The molecule has 0 fully saturated rings. The monoisotopic (exact) mass is 310 g/mol. The zero-order chi connectivity index (χ0) is 14.5. The van der Waals surface area contributed by atoms with Crippen molar-refractivity contribution in [2.75, 3.05) is 6.54 Å². The van der Waals surface area contributed by atoms with E-state index in [1.807, 2.05) is 12.1 Å². The van der Waals surface area contributed by atoms with Crippen LogP contribution in [-0.2, 0) is 6.42 Å². The highest BCUT2D eigenvalue weighted by Gasteiger charge is 2.10. The number of nitrogens with one attached hydrogen (secondary N) is 1. The van der Waals surface area contributed by atoms with Gasteiger partial charge in [0.1, 0.15) is 5.69 Å². The van der Waals surface area contributed by atoms with Crippen LogP contribution in [0.4, 0.5) is 0 Å². The van der Waals surface area contributed by atoms with Crippen LogP contribution in [-0.4, -0.2) is 28.5 Å². The molecule has 2 rings (SSSR count). The van der Waals surface area contributed by atoms with Crippen molar-refractivity contribution >= 4 is 34.8 Å². The van der Waals surface area contributed by atoms with Crippen LogP contribution in [0.1, 0.15) is 25.7 Å². The van der Waals surface area contributed by atoms with Crippen molar-refractivity contribution in [1.82, 2.24) is 10.3 Å². The molecule has 2 aromatic rings. The van der Waals surface area contributed by atoms with Crippen molar-refractivity contribution in [3.05, 3.63) is 50.9 Å². The summed E-state index contributed by atoms with van der Waals surface area (Å²) in [4.78, 5) is 27.4. The summed E-state index contributed by atoms with van der Waals surface area (Å²) in [5.74, 6) is -1.48. The molecule has 0 aliphatic heterocycles. The number of hydrogen-bond donors (Lipinski definition) is 2. The summed E-state index contributed by atoms with van der Waals surface area (Å²) >= 11 is 7.28. The molecule has 0 atom stereocenters. The van der Waals surface area contributed by atoms with Gasteiger partial charge in [-0.3, -0.25) is 4.79 Å². The Balaban J connectivity index is 1.91. The van der Waals surface area contributed by atoms with Gasteiger partial charge in [-0.25, -0.2) is 9.78 Å². The molecule has 0 unspecified atom stereocenters. The molecule has 2 N–H and O–H groups in total. The standard InChI is InChI=1S/C13H11ClN2O3S/c14-11-2-1-9(20-11)4-6-16-12(17)8-3-5-15-10(7-8)13(18)19/h1-3,5,7H,4,6H2,(H,16,17)(H,18,19). The number of carbonyl (C=O) groups excluding carboxylic acids is 1. The molecule has 7 heteroatoms. The van der Waals surface area contributed by atoms with Crippen LogP contribution in [0.15, 0.2) is 30.5 Å². The number of aromatic carboxylic acids is 1. The average molecular weight is 311 g/mol. The molecular weight excluding hydrogens is 300 g/mol. The largest absolute Gasteiger partial charge is 0.477 e. The number of carboxylic acid groups (broad SMARTS) is 1. The maximum Gasteiger partial charge on any atom is 0.354 e. The molecule has 2 heterocycles. The number of carbonyl (C=O) groups is 2. The summed E-state index contributed by atoms with van der Waals surface area (Å²) in [6, 6.07) is 6.45. The minimum atomic E-state index is -1.16. The maximum atomic E-state index is 11.9. The minimum absolute atomic E-state index is 0.150. The molecule has 0 spiro atoms. The summed E-state index contributed by atoms with van der Waals surface area (Å²) in [6.07, 6.45) is 1.98. The highest BCUT2D eigenvalue weighted by atomic mass is 35.5. The van der Waals surface area contributed by atoms with E-state index in [0.29, 0.717) is 17.3 Å². The van der Waals surface area contributed by atoms with Gasteiger partial charge in [-0.1, -0.05) is 11.6 Å². The Bertz CT molecular complexity index is 642. The molecular formula is C13H11ClN2O3S. The Morgan fingerprint density at radius 2 is 2.15 bits per heavy atom. The van der Waals surface area contributed by atoms with E-state index in [1.165, 1.54) is 29.7 Å². The Hall–Kier alpha value is -1.92. The van der Waals surface area contributed by atoms with Gasteiger partial charge >= 0.3 is 5.97 Å². The molecule has 0 radical (unpaired) electrons. The predicted octanol–water partition coefficient (Wildman–Crippen LogP) is 2.47. The fourth-order valence-electron chi connectivity index (χ4n) is 1.58. The zero-order valence-corrected chi connectivity index (χ0v) is 11.9. The van der Waals surface area contributed by atoms with Crippen molar-refractivity contribution in [1.29, 1.82) is 0 Å². The number of nitrogens with zero attached hydrogens (tertiary/aromatic N) is 1. The molecule has 5 nitrogen and oxygen atoms in total. The molecule has 104 valence electrons. The number of halogens is 1. The molecule has 20 heavy (non-hydrogen) atoms. The lowest BCUT2D eigenvalue weighted by molar-refractivity contribution is 0.0690. The first-order valence-electron chi connectivity index (χ1n) is 5.78. The summed E-state index contributed by atoms with van der Waals surface area (Å²) in [6.45, 7) is 0.459. The molecule has 0 aromatic carbocycles. The van der Waals surface area contributed by atoms with Crippen molar-refractivity contribution in [2.45, 2.75) is 6.42 Å². The van der Waals surface area contributed by atoms with E-state index in [-0.39, 0.29) is 17.2 Å². The topological polar surface area (TPSA) is 79.3 Å². The third-order valence-electron chi connectivity index (χ3n) is 2.53. The van der Waals surface area contributed by atoms with Gasteiger partial charge in [-0.2, -0.15) is 0 Å². The first-order chi connectivity index (χ1) is 9.56. The van der Waals surface area contributed by atoms with Gasteiger partial charge in [-0.15, -0.1) is 11.3 Å². The third kappa shape index (κ3) is 3.79. The Kier molecular flexibility index (Phi) is 4.70. The molecule has 0 saturated carbocycles. The quantitative estimate of drug-likeness (QED) is 0.889. The summed E-state index contributed by atoms with van der Waals surface area (Å²) in [5.41, 5.74) is 0.129. The second-order valence-electron chi connectivity index (χ2n) is 3.95. The smallest absolute Gasteiger partial charge is 0.354 e. The van der Waals surface area contributed by atoms with Gasteiger partial charge in [-0.05, 0) is 30.7 Å². The Labute approximate surface area is 124 Å². The van der Waals surface area contributed by atoms with Crippen LogP contribution in [0.3, 0.4) is 0 Å². The SMILES string of the molecule is O=C(NCCc1ccc(Cl)s1)c1ccnc(C(=O)O)c1. The first kappa shape index (κ1) is 14.5. The van der Waals surface area contributed by atoms with Crippen LogP contribution < -0.4 is 5.32 Å². The van der Waals surface area contributed by atoms with E-state index >= 15 is 0 Å². The van der Waals surface area contributed by atoms with Crippen LogP contribution in [0.5, 0.6) is 0 Å². The molecule has 0 aliphatic rings. The van der Waals surface area contributed by atoms with E-state index in [4.69, 9.17) is 16.7 Å². The number of thiophene rings is 1. The van der Waals surface area contributed by atoms with Gasteiger partial charge in [0.05, 0.1) is 4.34 Å². The molecule has 1 amide bonds. The Morgan fingerprint density at radius 1 is 1.35 bits per heavy atom.